The molecule has 2 rings (SSSR count). The van der Waals surface area contributed by atoms with Crippen LogP contribution in [0.25, 0.3) is 0 Å². The van der Waals surface area contributed by atoms with Gasteiger partial charge in [0.25, 0.3) is 0 Å². The molecule has 0 radical (unpaired) electrons. The van der Waals surface area contributed by atoms with Crippen LogP contribution < -0.4 is 16.8 Å². The van der Waals surface area contributed by atoms with Gasteiger partial charge in [0.15, 0.2) is 5.54 Å². The molecule has 2 amide bonds. The third-order valence-electron chi connectivity index (χ3n) is 3.73. The van der Waals surface area contributed by atoms with Crippen molar-refractivity contribution in [2.24, 2.45) is 5.73 Å². The first-order valence-electron chi connectivity index (χ1n) is 7.06. The highest BCUT2D eigenvalue weighted by Crippen LogP contribution is 2.27. The number of amides is 2. The van der Waals surface area contributed by atoms with E-state index in [1.54, 1.807) is 48.5 Å². The molecule has 6 N–H and O–H groups in total. The van der Waals surface area contributed by atoms with Gasteiger partial charge in [-0.25, -0.2) is 4.79 Å². The fraction of sp³-hybridized carbons (Fsp3) is 0.176. The van der Waals surface area contributed by atoms with Crippen molar-refractivity contribution in [3.63, 3.8) is 0 Å². The lowest BCUT2D eigenvalue weighted by atomic mass is 9.82. The Bertz CT molecular complexity index is 711. The van der Waals surface area contributed by atoms with Gasteiger partial charge >= 0.3 is 6.09 Å². The number of benzene rings is 2. The predicted molar refractivity (Wildman–Crippen MR) is 87.8 cm³/mol. The van der Waals surface area contributed by atoms with Gasteiger partial charge in [0, 0.05) is 12.1 Å². The molecular weight excluding hydrogens is 294 g/mol. The molecule has 0 bridgehead atoms. The molecule has 0 aromatic heterocycles. The molecule has 0 unspecified atom stereocenters. The standard InChI is InChI=1S/C17H19N3O3/c1-11-2-6-13(7-3-11)17(15(19)21,20-16(22)23)10-12-4-8-14(18)9-5-12/h2-9,20H,10,18H2,1H3,(H2,19,21)(H,22,23)/t17-/m0/s1. The average Bonchev–Trinajstić information content (AvgIpc) is 2.49. The quantitative estimate of drug-likeness (QED) is 0.629. The summed E-state index contributed by atoms with van der Waals surface area (Å²) in [5, 5.41) is 11.5. The normalized spacial score (nSPS) is 13.1. The molecule has 0 saturated carbocycles. The van der Waals surface area contributed by atoms with E-state index in [1.807, 2.05) is 6.92 Å². The Hall–Kier alpha value is -3.02. The van der Waals surface area contributed by atoms with Crippen LogP contribution in [-0.2, 0) is 16.8 Å². The van der Waals surface area contributed by atoms with Gasteiger partial charge in [0.05, 0.1) is 0 Å². The van der Waals surface area contributed by atoms with Crippen molar-refractivity contribution < 1.29 is 14.7 Å². The van der Waals surface area contributed by atoms with Crippen LogP contribution in [0.2, 0.25) is 0 Å². The molecule has 0 aliphatic rings. The summed E-state index contributed by atoms with van der Waals surface area (Å²) in [5.41, 5.74) is 12.5. The lowest BCUT2D eigenvalue weighted by Gasteiger charge is -2.31. The maximum atomic E-state index is 12.2. The van der Waals surface area contributed by atoms with Crippen LogP contribution in [0.5, 0.6) is 0 Å². The maximum absolute atomic E-state index is 12.2. The SMILES string of the molecule is Cc1ccc([C@](Cc2ccc(N)cc2)(NC(=O)O)C(N)=O)cc1. The third kappa shape index (κ3) is 3.60. The van der Waals surface area contributed by atoms with Crippen molar-refractivity contribution in [2.75, 3.05) is 5.73 Å². The summed E-state index contributed by atoms with van der Waals surface area (Å²) in [6.07, 6.45) is -1.22. The number of hydrogen-bond donors (Lipinski definition) is 4. The lowest BCUT2D eigenvalue weighted by Crippen LogP contribution is -2.56. The Balaban J connectivity index is 2.52. The molecule has 0 saturated heterocycles. The number of nitrogen functional groups attached to an aromatic ring is 1. The van der Waals surface area contributed by atoms with Crippen LogP contribution >= 0.6 is 0 Å². The Morgan fingerprint density at radius 2 is 1.65 bits per heavy atom. The van der Waals surface area contributed by atoms with Gasteiger partial charge in [-0.2, -0.15) is 0 Å². The Labute approximate surface area is 134 Å². The minimum Gasteiger partial charge on any atom is -0.465 e. The second-order valence-electron chi connectivity index (χ2n) is 5.48. The summed E-state index contributed by atoms with van der Waals surface area (Å²) in [5.74, 6) is -0.763. The first-order chi connectivity index (χ1) is 10.8. The fourth-order valence-electron chi connectivity index (χ4n) is 2.47. The van der Waals surface area contributed by atoms with Crippen molar-refractivity contribution >= 4 is 17.7 Å². The summed E-state index contributed by atoms with van der Waals surface area (Å²) in [4.78, 5) is 23.5. The molecule has 0 aliphatic heterocycles. The highest BCUT2D eigenvalue weighted by atomic mass is 16.4. The average molecular weight is 313 g/mol. The van der Waals surface area contributed by atoms with Crippen LogP contribution in [0.15, 0.2) is 48.5 Å². The minimum atomic E-state index is -1.55. The van der Waals surface area contributed by atoms with Gasteiger partial charge in [-0.15, -0.1) is 0 Å². The topological polar surface area (TPSA) is 118 Å². The smallest absolute Gasteiger partial charge is 0.405 e. The van der Waals surface area contributed by atoms with Gasteiger partial charge in [-0.3, -0.25) is 4.79 Å². The Kier molecular flexibility index (Phi) is 4.55. The van der Waals surface area contributed by atoms with E-state index < -0.39 is 17.5 Å². The van der Waals surface area contributed by atoms with E-state index in [2.05, 4.69) is 5.32 Å². The van der Waals surface area contributed by atoms with Crippen LogP contribution in [0.3, 0.4) is 0 Å². The number of primary amides is 1. The maximum Gasteiger partial charge on any atom is 0.405 e. The first kappa shape index (κ1) is 16.4. The van der Waals surface area contributed by atoms with Crippen molar-refractivity contribution in [3.05, 3.63) is 65.2 Å². The summed E-state index contributed by atoms with van der Waals surface area (Å²) in [6.45, 7) is 1.90. The highest BCUT2D eigenvalue weighted by molar-refractivity contribution is 5.90. The highest BCUT2D eigenvalue weighted by Gasteiger charge is 2.40. The molecule has 23 heavy (non-hydrogen) atoms. The van der Waals surface area contributed by atoms with Gasteiger partial charge < -0.3 is 21.9 Å². The van der Waals surface area contributed by atoms with E-state index in [1.165, 1.54) is 0 Å². The molecule has 120 valence electrons. The van der Waals surface area contributed by atoms with E-state index in [9.17, 15) is 14.7 Å². The van der Waals surface area contributed by atoms with E-state index in [-0.39, 0.29) is 6.42 Å². The van der Waals surface area contributed by atoms with Crippen molar-refractivity contribution in [1.29, 1.82) is 0 Å². The first-order valence-corrected chi connectivity index (χ1v) is 7.06. The van der Waals surface area contributed by atoms with E-state index in [0.717, 1.165) is 11.1 Å². The van der Waals surface area contributed by atoms with E-state index >= 15 is 0 Å². The number of carboxylic acid groups (broad SMARTS) is 1. The van der Waals surface area contributed by atoms with Gasteiger partial charge in [0.1, 0.15) is 0 Å². The van der Waals surface area contributed by atoms with Crippen LogP contribution in [0.4, 0.5) is 10.5 Å². The second-order valence-corrected chi connectivity index (χ2v) is 5.48. The van der Waals surface area contributed by atoms with Gasteiger partial charge in [0.2, 0.25) is 5.91 Å². The molecule has 0 heterocycles. The zero-order valence-electron chi connectivity index (χ0n) is 12.7. The summed E-state index contributed by atoms with van der Waals surface area (Å²) >= 11 is 0. The van der Waals surface area contributed by atoms with E-state index in [4.69, 9.17) is 11.5 Å². The summed E-state index contributed by atoms with van der Waals surface area (Å²) < 4.78 is 0. The largest absolute Gasteiger partial charge is 0.465 e. The predicted octanol–water partition coefficient (Wildman–Crippen LogP) is 1.77. The van der Waals surface area contributed by atoms with Crippen molar-refractivity contribution in [3.8, 4) is 0 Å². The molecule has 2 aromatic rings. The molecule has 0 aliphatic carbocycles. The molecular formula is C17H19N3O3. The molecule has 2 aromatic carbocycles. The van der Waals surface area contributed by atoms with Crippen LogP contribution in [-0.4, -0.2) is 17.1 Å². The molecule has 0 spiro atoms. The lowest BCUT2D eigenvalue weighted by molar-refractivity contribution is -0.124. The number of carbonyl (C=O) groups is 2. The van der Waals surface area contributed by atoms with Crippen molar-refractivity contribution in [2.45, 2.75) is 18.9 Å². The summed E-state index contributed by atoms with van der Waals surface area (Å²) in [7, 11) is 0. The van der Waals surface area contributed by atoms with Crippen LogP contribution in [0.1, 0.15) is 16.7 Å². The van der Waals surface area contributed by atoms with Crippen molar-refractivity contribution in [1.82, 2.24) is 5.32 Å². The zero-order valence-corrected chi connectivity index (χ0v) is 12.7. The number of nitrogens with two attached hydrogens (primary N) is 2. The number of aryl methyl sites for hydroxylation is 1. The number of nitrogens with one attached hydrogen (secondary N) is 1. The zero-order chi connectivity index (χ0) is 17.0. The molecule has 1 atom stereocenters. The molecule has 6 nitrogen and oxygen atoms in total. The monoisotopic (exact) mass is 313 g/mol. The second kappa shape index (κ2) is 6.39. The number of rotatable bonds is 5. The third-order valence-corrected chi connectivity index (χ3v) is 3.73. The number of anilines is 1. The Morgan fingerprint density at radius 3 is 2.13 bits per heavy atom. The molecule has 0 fully saturated rings. The molecule has 6 heteroatoms. The number of carbonyl (C=O) groups excluding carboxylic acids is 1. The minimum absolute atomic E-state index is 0.0952. The van der Waals surface area contributed by atoms with Crippen LogP contribution in [0, 0.1) is 6.92 Å². The fourth-order valence-corrected chi connectivity index (χ4v) is 2.47. The summed E-state index contributed by atoms with van der Waals surface area (Å²) in [6, 6.07) is 13.9. The van der Waals surface area contributed by atoms with Gasteiger partial charge in [-0.1, -0.05) is 42.0 Å². The van der Waals surface area contributed by atoms with Gasteiger partial charge in [-0.05, 0) is 30.2 Å². The number of hydrogen-bond acceptors (Lipinski definition) is 3. The van der Waals surface area contributed by atoms with E-state index in [0.29, 0.717) is 11.3 Å². The Morgan fingerprint density at radius 1 is 1.09 bits per heavy atom.